The van der Waals surface area contributed by atoms with Crippen molar-refractivity contribution in [3.63, 3.8) is 0 Å². The largest absolute Gasteiger partial charge is 0.508 e. The Labute approximate surface area is 122 Å². The van der Waals surface area contributed by atoms with Crippen LogP contribution >= 0.6 is 0 Å². The molecule has 5 nitrogen and oxygen atoms in total. The second-order valence-electron chi connectivity index (χ2n) is 5.48. The fourth-order valence-electron chi connectivity index (χ4n) is 2.39. The van der Waals surface area contributed by atoms with Crippen molar-refractivity contribution in [2.24, 2.45) is 5.92 Å². The number of carbonyl (C=O) groups is 2. The van der Waals surface area contributed by atoms with Crippen LogP contribution in [-0.2, 0) is 9.53 Å². The van der Waals surface area contributed by atoms with E-state index in [2.05, 4.69) is 0 Å². The van der Waals surface area contributed by atoms with E-state index in [1.165, 1.54) is 18.2 Å². The Bertz CT molecular complexity index is 599. The SMILES string of the molecule is CC(C)=C[C@H]1C[C@H](CC(=O)c2cc(O)ccc2O)C(=O)O1. The molecule has 2 rings (SSSR count). The van der Waals surface area contributed by atoms with Gasteiger partial charge in [0.25, 0.3) is 0 Å². The minimum absolute atomic E-state index is 0.0217. The summed E-state index contributed by atoms with van der Waals surface area (Å²) in [5.41, 5.74) is 1.07. The van der Waals surface area contributed by atoms with Gasteiger partial charge in [-0.2, -0.15) is 0 Å². The topological polar surface area (TPSA) is 83.8 Å². The first kappa shape index (κ1) is 15.1. The standard InChI is InChI=1S/C16H18O5/c1-9(2)5-12-6-10(16(20)21-12)7-15(19)13-8-11(17)3-4-14(13)18/h3-5,8,10,12,17-18H,6-7H2,1-2H3/t10-,12+/m1/s1. The zero-order chi connectivity index (χ0) is 15.6. The third kappa shape index (κ3) is 3.62. The fourth-order valence-corrected chi connectivity index (χ4v) is 2.39. The molecule has 0 aliphatic carbocycles. The molecule has 112 valence electrons. The van der Waals surface area contributed by atoms with Crippen LogP contribution in [0.5, 0.6) is 11.5 Å². The fraction of sp³-hybridized carbons (Fsp3) is 0.375. The van der Waals surface area contributed by atoms with Crippen molar-refractivity contribution in [2.75, 3.05) is 0 Å². The van der Waals surface area contributed by atoms with Gasteiger partial charge in [0.1, 0.15) is 17.6 Å². The van der Waals surface area contributed by atoms with Gasteiger partial charge in [-0.05, 0) is 38.1 Å². The Morgan fingerprint density at radius 3 is 2.76 bits per heavy atom. The van der Waals surface area contributed by atoms with Crippen molar-refractivity contribution in [3.8, 4) is 11.5 Å². The number of allylic oxidation sites excluding steroid dienone is 1. The molecule has 0 bridgehead atoms. The first-order valence-corrected chi connectivity index (χ1v) is 6.77. The highest BCUT2D eigenvalue weighted by Crippen LogP contribution is 2.30. The van der Waals surface area contributed by atoms with Crippen molar-refractivity contribution in [1.82, 2.24) is 0 Å². The lowest BCUT2D eigenvalue weighted by atomic mass is 9.94. The molecule has 2 atom stereocenters. The van der Waals surface area contributed by atoms with E-state index in [4.69, 9.17) is 4.74 Å². The predicted molar refractivity (Wildman–Crippen MR) is 76.1 cm³/mol. The maximum Gasteiger partial charge on any atom is 0.310 e. The van der Waals surface area contributed by atoms with Gasteiger partial charge < -0.3 is 14.9 Å². The lowest BCUT2D eigenvalue weighted by molar-refractivity contribution is -0.143. The van der Waals surface area contributed by atoms with E-state index in [9.17, 15) is 19.8 Å². The van der Waals surface area contributed by atoms with Crippen molar-refractivity contribution in [1.29, 1.82) is 0 Å². The van der Waals surface area contributed by atoms with Gasteiger partial charge in [-0.1, -0.05) is 5.57 Å². The Hall–Kier alpha value is -2.30. The molecule has 1 aliphatic rings. The molecule has 21 heavy (non-hydrogen) atoms. The minimum Gasteiger partial charge on any atom is -0.508 e. The molecule has 1 aromatic carbocycles. The molecule has 1 fully saturated rings. The molecule has 0 saturated carbocycles. The summed E-state index contributed by atoms with van der Waals surface area (Å²) in [6.45, 7) is 3.83. The number of phenolic OH excluding ortho intramolecular Hbond substituents is 2. The van der Waals surface area contributed by atoms with Gasteiger partial charge in [-0.3, -0.25) is 9.59 Å². The van der Waals surface area contributed by atoms with Crippen molar-refractivity contribution in [2.45, 2.75) is 32.8 Å². The summed E-state index contributed by atoms with van der Waals surface area (Å²) in [5, 5.41) is 19.0. The highest BCUT2D eigenvalue weighted by molar-refractivity contribution is 6.00. The summed E-state index contributed by atoms with van der Waals surface area (Å²) in [6.07, 6.45) is 1.98. The molecule has 1 aromatic rings. The van der Waals surface area contributed by atoms with E-state index in [0.717, 1.165) is 5.57 Å². The van der Waals surface area contributed by atoms with Gasteiger partial charge in [0.2, 0.25) is 0 Å². The van der Waals surface area contributed by atoms with Gasteiger partial charge in [-0.15, -0.1) is 0 Å². The normalized spacial score (nSPS) is 21.0. The number of rotatable bonds is 4. The lowest BCUT2D eigenvalue weighted by Crippen LogP contribution is -2.13. The quantitative estimate of drug-likeness (QED) is 0.385. The van der Waals surface area contributed by atoms with Crippen LogP contribution in [0.25, 0.3) is 0 Å². The molecular weight excluding hydrogens is 272 g/mol. The first-order valence-electron chi connectivity index (χ1n) is 6.77. The Kier molecular flexibility index (Phi) is 4.31. The predicted octanol–water partition coefficient (Wildman–Crippen LogP) is 2.57. The number of esters is 1. The third-order valence-electron chi connectivity index (χ3n) is 3.35. The number of hydrogen-bond acceptors (Lipinski definition) is 5. The number of carbonyl (C=O) groups excluding carboxylic acids is 2. The molecular formula is C16H18O5. The molecule has 5 heteroatoms. The van der Waals surface area contributed by atoms with Crippen LogP contribution in [0.1, 0.15) is 37.0 Å². The Morgan fingerprint density at radius 1 is 1.38 bits per heavy atom. The maximum atomic E-state index is 12.2. The van der Waals surface area contributed by atoms with Crippen LogP contribution in [0.15, 0.2) is 29.8 Å². The van der Waals surface area contributed by atoms with Crippen LogP contribution in [0.2, 0.25) is 0 Å². The first-order chi connectivity index (χ1) is 9.86. The lowest BCUT2D eigenvalue weighted by Gasteiger charge is -2.07. The molecule has 1 saturated heterocycles. The molecule has 0 unspecified atom stereocenters. The van der Waals surface area contributed by atoms with E-state index < -0.39 is 11.9 Å². The second kappa shape index (κ2) is 5.99. The van der Waals surface area contributed by atoms with Gasteiger partial charge in [0.05, 0.1) is 11.5 Å². The van der Waals surface area contributed by atoms with Crippen LogP contribution in [0.4, 0.5) is 0 Å². The number of hydrogen-bond donors (Lipinski definition) is 2. The number of Topliss-reactive ketones (excluding diaryl/α,β-unsaturated/α-hetero) is 1. The second-order valence-corrected chi connectivity index (χ2v) is 5.48. The summed E-state index contributed by atoms with van der Waals surface area (Å²) >= 11 is 0. The number of benzene rings is 1. The Morgan fingerprint density at radius 2 is 2.10 bits per heavy atom. The van der Waals surface area contributed by atoms with Crippen molar-refractivity contribution < 1.29 is 24.5 Å². The van der Waals surface area contributed by atoms with E-state index in [1.807, 2.05) is 19.9 Å². The number of aromatic hydroxyl groups is 2. The van der Waals surface area contributed by atoms with Crippen LogP contribution < -0.4 is 0 Å². The van der Waals surface area contributed by atoms with Crippen LogP contribution in [0, 0.1) is 5.92 Å². The van der Waals surface area contributed by atoms with Gasteiger partial charge in [-0.25, -0.2) is 0 Å². The van der Waals surface area contributed by atoms with E-state index >= 15 is 0 Å². The molecule has 0 aromatic heterocycles. The summed E-state index contributed by atoms with van der Waals surface area (Å²) in [5.74, 6) is -1.61. The zero-order valence-corrected chi connectivity index (χ0v) is 12.0. The van der Waals surface area contributed by atoms with Crippen molar-refractivity contribution in [3.05, 3.63) is 35.4 Å². The number of ether oxygens (including phenoxy) is 1. The molecule has 1 heterocycles. The Balaban J connectivity index is 2.08. The number of phenols is 2. The molecule has 0 amide bonds. The third-order valence-corrected chi connectivity index (χ3v) is 3.35. The molecule has 0 radical (unpaired) electrons. The monoisotopic (exact) mass is 290 g/mol. The highest BCUT2D eigenvalue weighted by Gasteiger charge is 2.35. The molecule has 1 aliphatic heterocycles. The van der Waals surface area contributed by atoms with E-state index in [-0.39, 0.29) is 35.4 Å². The number of cyclic esters (lactones) is 1. The number of ketones is 1. The summed E-state index contributed by atoms with van der Waals surface area (Å²) in [4.78, 5) is 23.9. The van der Waals surface area contributed by atoms with Gasteiger partial charge >= 0.3 is 5.97 Å². The molecule has 2 N–H and O–H groups in total. The summed E-state index contributed by atoms with van der Waals surface area (Å²) < 4.78 is 5.20. The summed E-state index contributed by atoms with van der Waals surface area (Å²) in [6, 6.07) is 3.74. The van der Waals surface area contributed by atoms with Crippen molar-refractivity contribution >= 4 is 11.8 Å². The van der Waals surface area contributed by atoms with Gasteiger partial charge in [0.15, 0.2) is 5.78 Å². The van der Waals surface area contributed by atoms with E-state index in [0.29, 0.717) is 6.42 Å². The molecule has 0 spiro atoms. The smallest absolute Gasteiger partial charge is 0.310 e. The van der Waals surface area contributed by atoms with Crippen LogP contribution in [0.3, 0.4) is 0 Å². The van der Waals surface area contributed by atoms with E-state index in [1.54, 1.807) is 0 Å². The summed E-state index contributed by atoms with van der Waals surface area (Å²) in [7, 11) is 0. The minimum atomic E-state index is -0.514. The maximum absolute atomic E-state index is 12.2. The highest BCUT2D eigenvalue weighted by atomic mass is 16.5. The average molecular weight is 290 g/mol. The average Bonchev–Trinajstić information content (AvgIpc) is 2.71. The van der Waals surface area contributed by atoms with Gasteiger partial charge in [0, 0.05) is 12.8 Å². The zero-order valence-electron chi connectivity index (χ0n) is 12.0. The van der Waals surface area contributed by atoms with Crippen LogP contribution in [-0.4, -0.2) is 28.1 Å².